The Balaban J connectivity index is 4.27. The van der Waals surface area contributed by atoms with Crippen LogP contribution in [0.25, 0.3) is 0 Å². The van der Waals surface area contributed by atoms with Gasteiger partial charge in [-0.3, -0.25) is 14.4 Å². The van der Waals surface area contributed by atoms with Gasteiger partial charge in [-0.2, -0.15) is 0 Å². The molecule has 0 radical (unpaired) electrons. The summed E-state index contributed by atoms with van der Waals surface area (Å²) in [7, 11) is 0. The molecule has 466 valence electrons. The number of carbonyl (C=O) groups excluding carboxylic acids is 3. The molecule has 0 aromatic rings. The number of esters is 3. The second kappa shape index (κ2) is 68.8. The zero-order valence-electron chi connectivity index (χ0n) is 53.5. The van der Waals surface area contributed by atoms with E-state index in [9.17, 15) is 14.4 Å². The molecular weight excluding hydrogens is 997 g/mol. The molecule has 0 saturated carbocycles. The summed E-state index contributed by atoms with van der Waals surface area (Å²) in [5.41, 5.74) is 0. The summed E-state index contributed by atoms with van der Waals surface area (Å²) >= 11 is 0. The minimum atomic E-state index is -0.810. The molecule has 0 heterocycles. The van der Waals surface area contributed by atoms with Gasteiger partial charge in [0, 0.05) is 19.3 Å². The number of allylic oxidation sites excluding steroid dienone is 16. The average molecular weight is 1130 g/mol. The van der Waals surface area contributed by atoms with Crippen LogP contribution in [0.4, 0.5) is 0 Å². The molecular formula is C75H130O6. The van der Waals surface area contributed by atoms with Crippen molar-refractivity contribution in [1.29, 1.82) is 0 Å². The lowest BCUT2D eigenvalue weighted by molar-refractivity contribution is -0.166. The molecule has 0 N–H and O–H groups in total. The van der Waals surface area contributed by atoms with Crippen molar-refractivity contribution in [3.8, 4) is 0 Å². The summed E-state index contributed by atoms with van der Waals surface area (Å²) < 4.78 is 16.9. The summed E-state index contributed by atoms with van der Waals surface area (Å²) in [6, 6.07) is 0. The standard InChI is InChI=1S/C75H130O6/c1-4-7-10-13-16-19-22-25-27-29-31-33-34-35-36-37-38-39-40-42-43-45-47-50-53-56-59-62-65-68-74(77)80-71-72(70-79-73(76)67-64-61-58-55-52-49-24-21-18-15-12-9-6-3)81-75(78)69-66-63-60-57-54-51-48-46-44-41-32-30-28-26-23-20-17-14-11-8-5-2/h9,12,18,21-23,25-26,29-32,49,52,58,61,72H,4-8,10-11,13-17,19-20,24,27-28,33-48,50-51,53-57,59-60,62-71H2,1-3H3/b12-9-,21-18-,25-22-,26-23-,31-29-,32-30-,52-49-,61-58-. The van der Waals surface area contributed by atoms with Crippen LogP contribution in [-0.2, 0) is 28.6 Å². The average Bonchev–Trinajstić information content (AvgIpc) is 3.46. The Labute approximate surface area is 502 Å². The van der Waals surface area contributed by atoms with Crippen LogP contribution in [0.3, 0.4) is 0 Å². The van der Waals surface area contributed by atoms with E-state index in [1.807, 2.05) is 6.08 Å². The van der Waals surface area contributed by atoms with E-state index in [1.54, 1.807) is 0 Å². The molecule has 6 nitrogen and oxygen atoms in total. The molecule has 0 aromatic carbocycles. The number of hydrogen-bond acceptors (Lipinski definition) is 6. The maximum atomic E-state index is 12.9. The Hall–Kier alpha value is -3.67. The highest BCUT2D eigenvalue weighted by Crippen LogP contribution is 2.17. The Morgan fingerprint density at radius 2 is 0.506 bits per heavy atom. The van der Waals surface area contributed by atoms with Gasteiger partial charge in [0.1, 0.15) is 13.2 Å². The lowest BCUT2D eigenvalue weighted by atomic mass is 10.0. The van der Waals surface area contributed by atoms with Gasteiger partial charge in [-0.15, -0.1) is 0 Å². The van der Waals surface area contributed by atoms with Crippen molar-refractivity contribution in [2.75, 3.05) is 13.2 Å². The normalized spacial score (nSPS) is 12.7. The van der Waals surface area contributed by atoms with Gasteiger partial charge in [-0.25, -0.2) is 0 Å². The van der Waals surface area contributed by atoms with E-state index in [0.29, 0.717) is 19.3 Å². The lowest BCUT2D eigenvalue weighted by Gasteiger charge is -2.18. The monoisotopic (exact) mass is 1130 g/mol. The van der Waals surface area contributed by atoms with E-state index in [-0.39, 0.29) is 37.5 Å². The summed E-state index contributed by atoms with van der Waals surface area (Å²) in [5, 5.41) is 0. The number of carbonyl (C=O) groups is 3. The fourth-order valence-electron chi connectivity index (χ4n) is 9.87. The molecule has 6 heteroatoms. The van der Waals surface area contributed by atoms with Crippen molar-refractivity contribution in [3.05, 3.63) is 97.2 Å². The molecule has 0 aliphatic heterocycles. The van der Waals surface area contributed by atoms with Crippen molar-refractivity contribution in [1.82, 2.24) is 0 Å². The minimum absolute atomic E-state index is 0.0992. The van der Waals surface area contributed by atoms with Gasteiger partial charge in [-0.1, -0.05) is 311 Å². The number of unbranched alkanes of at least 4 members (excludes halogenated alkanes) is 36. The first-order valence-corrected chi connectivity index (χ1v) is 34.7. The quantitative estimate of drug-likeness (QED) is 0.0261. The van der Waals surface area contributed by atoms with Gasteiger partial charge >= 0.3 is 17.9 Å². The van der Waals surface area contributed by atoms with E-state index >= 15 is 0 Å². The van der Waals surface area contributed by atoms with Gasteiger partial charge in [-0.05, 0) is 109 Å². The van der Waals surface area contributed by atoms with Gasteiger partial charge in [0.2, 0.25) is 0 Å². The van der Waals surface area contributed by atoms with Gasteiger partial charge in [0.05, 0.1) is 0 Å². The van der Waals surface area contributed by atoms with Crippen LogP contribution in [0.5, 0.6) is 0 Å². The summed E-state index contributed by atoms with van der Waals surface area (Å²) in [6.07, 6.45) is 93.1. The zero-order valence-corrected chi connectivity index (χ0v) is 53.5. The van der Waals surface area contributed by atoms with Crippen LogP contribution >= 0.6 is 0 Å². The molecule has 0 bridgehead atoms. The number of rotatable bonds is 63. The first-order chi connectivity index (χ1) is 40.0. The van der Waals surface area contributed by atoms with Crippen LogP contribution in [0.1, 0.15) is 342 Å². The molecule has 1 unspecified atom stereocenters. The van der Waals surface area contributed by atoms with Crippen molar-refractivity contribution < 1.29 is 28.6 Å². The molecule has 0 fully saturated rings. The molecule has 0 amide bonds. The van der Waals surface area contributed by atoms with Gasteiger partial charge in [0.25, 0.3) is 0 Å². The molecule has 0 rings (SSSR count). The van der Waals surface area contributed by atoms with Crippen LogP contribution in [0.2, 0.25) is 0 Å². The highest BCUT2D eigenvalue weighted by Gasteiger charge is 2.19. The van der Waals surface area contributed by atoms with Gasteiger partial charge in [0.15, 0.2) is 6.10 Å². The largest absolute Gasteiger partial charge is 0.462 e. The Kier molecular flexibility index (Phi) is 65.7. The molecule has 0 aliphatic carbocycles. The SMILES string of the molecule is CC/C=C\C/C=C\C/C=C\C/C=C\CCC(=O)OCC(COC(=O)CCCCCCCCCCCCCCCCCCC/C=C\C/C=C\CCCCCCC)OC(=O)CCCCCCCCCCC/C=C\C/C=C\CCCCCCC. The fraction of sp³-hybridized carbons (Fsp3) is 0.747. The third kappa shape index (κ3) is 67.0. The van der Waals surface area contributed by atoms with E-state index in [4.69, 9.17) is 14.2 Å². The van der Waals surface area contributed by atoms with Crippen LogP contribution in [-0.4, -0.2) is 37.2 Å². The minimum Gasteiger partial charge on any atom is -0.462 e. The first kappa shape index (κ1) is 77.3. The Morgan fingerprint density at radius 1 is 0.259 bits per heavy atom. The predicted molar refractivity (Wildman–Crippen MR) is 353 cm³/mol. The van der Waals surface area contributed by atoms with E-state index < -0.39 is 6.10 Å². The number of hydrogen-bond donors (Lipinski definition) is 0. The second-order valence-corrected chi connectivity index (χ2v) is 23.1. The third-order valence-corrected chi connectivity index (χ3v) is 15.1. The van der Waals surface area contributed by atoms with Crippen molar-refractivity contribution in [2.24, 2.45) is 0 Å². The van der Waals surface area contributed by atoms with E-state index in [0.717, 1.165) is 77.0 Å². The van der Waals surface area contributed by atoms with Crippen molar-refractivity contribution in [3.63, 3.8) is 0 Å². The van der Waals surface area contributed by atoms with Crippen LogP contribution < -0.4 is 0 Å². The Bertz CT molecular complexity index is 1580. The molecule has 0 saturated heterocycles. The van der Waals surface area contributed by atoms with E-state index in [2.05, 4.69) is 112 Å². The molecule has 0 aliphatic rings. The van der Waals surface area contributed by atoms with Crippen molar-refractivity contribution >= 4 is 17.9 Å². The maximum Gasteiger partial charge on any atom is 0.306 e. The molecule has 1 atom stereocenters. The topological polar surface area (TPSA) is 78.9 Å². The highest BCUT2D eigenvalue weighted by atomic mass is 16.6. The van der Waals surface area contributed by atoms with Crippen LogP contribution in [0.15, 0.2) is 97.2 Å². The predicted octanol–water partition coefficient (Wildman–Crippen LogP) is 24.0. The molecule has 81 heavy (non-hydrogen) atoms. The molecule has 0 aromatic heterocycles. The summed E-state index contributed by atoms with van der Waals surface area (Å²) in [6.45, 7) is 6.47. The van der Waals surface area contributed by atoms with Crippen LogP contribution in [0, 0.1) is 0 Å². The number of ether oxygens (including phenoxy) is 3. The third-order valence-electron chi connectivity index (χ3n) is 15.1. The lowest BCUT2D eigenvalue weighted by Crippen LogP contribution is -2.30. The summed E-state index contributed by atoms with van der Waals surface area (Å²) in [4.78, 5) is 38.3. The van der Waals surface area contributed by atoms with E-state index in [1.165, 1.54) is 218 Å². The fourth-order valence-corrected chi connectivity index (χ4v) is 9.87. The van der Waals surface area contributed by atoms with Gasteiger partial charge < -0.3 is 14.2 Å². The maximum absolute atomic E-state index is 12.9. The summed E-state index contributed by atoms with van der Waals surface area (Å²) in [5.74, 6) is -0.976. The first-order valence-electron chi connectivity index (χ1n) is 34.7. The Morgan fingerprint density at radius 3 is 0.827 bits per heavy atom. The van der Waals surface area contributed by atoms with Crippen molar-refractivity contribution in [2.45, 2.75) is 348 Å². The smallest absolute Gasteiger partial charge is 0.306 e. The highest BCUT2D eigenvalue weighted by molar-refractivity contribution is 5.71. The zero-order chi connectivity index (χ0) is 58.5. The second-order valence-electron chi connectivity index (χ2n) is 23.1. The molecule has 0 spiro atoms.